The van der Waals surface area contributed by atoms with Gasteiger partial charge in [0, 0.05) is 16.7 Å². The minimum absolute atomic E-state index is 0.195. The topological polar surface area (TPSA) is 57.5 Å². The van der Waals surface area contributed by atoms with E-state index in [0.29, 0.717) is 5.02 Å². The number of carbonyl (C=O) groups is 1. The van der Waals surface area contributed by atoms with E-state index in [2.05, 4.69) is 0 Å². The van der Waals surface area contributed by atoms with E-state index in [4.69, 9.17) is 16.7 Å². The van der Waals surface area contributed by atoms with Crippen molar-refractivity contribution in [2.24, 2.45) is 0 Å². The third-order valence-electron chi connectivity index (χ3n) is 2.59. The van der Waals surface area contributed by atoms with Gasteiger partial charge in [-0.25, -0.2) is 4.79 Å². The van der Waals surface area contributed by atoms with Gasteiger partial charge in [-0.05, 0) is 35.4 Å². The summed E-state index contributed by atoms with van der Waals surface area (Å²) in [5, 5.41) is 18.3. The molecule has 19 heavy (non-hydrogen) atoms. The average molecular weight is 275 g/mol. The van der Waals surface area contributed by atoms with Crippen LogP contribution in [0, 0.1) is 0 Å². The number of hydrogen-bond acceptors (Lipinski definition) is 2. The van der Waals surface area contributed by atoms with Crippen LogP contribution in [0.1, 0.15) is 5.56 Å². The highest BCUT2D eigenvalue weighted by molar-refractivity contribution is 6.33. The van der Waals surface area contributed by atoms with E-state index in [0.717, 1.165) is 22.8 Å². The molecule has 2 aromatic rings. The average Bonchev–Trinajstić information content (AvgIpc) is 2.38. The van der Waals surface area contributed by atoms with Crippen molar-refractivity contribution >= 4 is 23.6 Å². The molecule has 3 nitrogen and oxygen atoms in total. The molecule has 2 rings (SSSR count). The molecule has 0 radical (unpaired) electrons. The molecular weight excluding hydrogens is 264 g/mol. The summed E-state index contributed by atoms with van der Waals surface area (Å²) in [4.78, 5) is 10.4. The van der Waals surface area contributed by atoms with Gasteiger partial charge in [0.25, 0.3) is 0 Å². The fourth-order valence-electron chi connectivity index (χ4n) is 1.68. The summed E-state index contributed by atoms with van der Waals surface area (Å²) in [7, 11) is 0. The number of aliphatic carboxylic acids is 1. The monoisotopic (exact) mass is 274 g/mol. The number of phenolic OH excluding ortho intramolecular Hbond substituents is 1. The molecule has 0 atom stereocenters. The molecule has 0 amide bonds. The van der Waals surface area contributed by atoms with Gasteiger partial charge in [-0.1, -0.05) is 35.9 Å². The molecule has 4 heteroatoms. The highest BCUT2D eigenvalue weighted by Crippen LogP contribution is 2.30. The van der Waals surface area contributed by atoms with Gasteiger partial charge in [0.15, 0.2) is 0 Å². The summed E-state index contributed by atoms with van der Waals surface area (Å²) in [6, 6.07) is 12.0. The van der Waals surface area contributed by atoms with Gasteiger partial charge in [-0.15, -0.1) is 0 Å². The first-order valence-corrected chi connectivity index (χ1v) is 5.94. The zero-order chi connectivity index (χ0) is 13.8. The second-order valence-electron chi connectivity index (χ2n) is 3.96. The number of halogens is 1. The molecule has 2 N–H and O–H groups in total. The smallest absolute Gasteiger partial charge is 0.328 e. The summed E-state index contributed by atoms with van der Waals surface area (Å²) < 4.78 is 0. The number of aromatic hydroxyl groups is 1. The van der Waals surface area contributed by atoms with Crippen molar-refractivity contribution in [3.05, 3.63) is 59.1 Å². The van der Waals surface area contributed by atoms with Gasteiger partial charge < -0.3 is 10.2 Å². The molecule has 0 aliphatic rings. The van der Waals surface area contributed by atoms with Crippen LogP contribution in [0.5, 0.6) is 5.75 Å². The Morgan fingerprint density at radius 3 is 2.37 bits per heavy atom. The Kier molecular flexibility index (Phi) is 3.88. The minimum Gasteiger partial charge on any atom is -0.508 e. The molecule has 0 aromatic heterocycles. The Hall–Kier alpha value is -2.26. The molecule has 0 aliphatic carbocycles. The first-order valence-electron chi connectivity index (χ1n) is 5.56. The van der Waals surface area contributed by atoms with Gasteiger partial charge in [-0.3, -0.25) is 0 Å². The van der Waals surface area contributed by atoms with Crippen LogP contribution in [0.2, 0.25) is 5.02 Å². The molecule has 2 aromatic carbocycles. The first kappa shape index (κ1) is 13.2. The molecule has 0 aliphatic heterocycles. The van der Waals surface area contributed by atoms with E-state index in [1.54, 1.807) is 36.4 Å². The molecule has 0 spiro atoms. The lowest BCUT2D eigenvalue weighted by atomic mass is 10.0. The predicted octanol–water partition coefficient (Wildman–Crippen LogP) is 3.81. The van der Waals surface area contributed by atoms with Crippen molar-refractivity contribution in [2.75, 3.05) is 0 Å². The van der Waals surface area contributed by atoms with Gasteiger partial charge in [0.05, 0.1) is 0 Å². The van der Waals surface area contributed by atoms with Crippen molar-refractivity contribution in [1.82, 2.24) is 0 Å². The van der Waals surface area contributed by atoms with E-state index < -0.39 is 5.97 Å². The Morgan fingerprint density at radius 1 is 1.11 bits per heavy atom. The van der Waals surface area contributed by atoms with Gasteiger partial charge in [0.2, 0.25) is 0 Å². The maximum atomic E-state index is 10.4. The van der Waals surface area contributed by atoms with Crippen LogP contribution < -0.4 is 0 Å². The standard InChI is InChI=1S/C15H11ClO3/c16-14-9-10(2-8-15(18)19)1-7-13(14)11-3-5-12(17)6-4-11/h1-9,17H,(H,18,19). The maximum absolute atomic E-state index is 10.4. The van der Waals surface area contributed by atoms with Crippen molar-refractivity contribution in [1.29, 1.82) is 0 Å². The van der Waals surface area contributed by atoms with Gasteiger partial charge in [-0.2, -0.15) is 0 Å². The van der Waals surface area contributed by atoms with Crippen LogP contribution in [0.4, 0.5) is 0 Å². The minimum atomic E-state index is -1.00. The highest BCUT2D eigenvalue weighted by Gasteiger charge is 2.04. The van der Waals surface area contributed by atoms with E-state index >= 15 is 0 Å². The third kappa shape index (κ3) is 3.36. The van der Waals surface area contributed by atoms with Crippen LogP contribution in [0.3, 0.4) is 0 Å². The molecule has 96 valence electrons. The zero-order valence-corrected chi connectivity index (χ0v) is 10.6. The number of rotatable bonds is 3. The van der Waals surface area contributed by atoms with Gasteiger partial charge in [0.1, 0.15) is 5.75 Å². The Balaban J connectivity index is 2.34. The quantitative estimate of drug-likeness (QED) is 0.837. The fraction of sp³-hybridized carbons (Fsp3) is 0. The number of hydrogen-bond donors (Lipinski definition) is 2. The molecule has 0 fully saturated rings. The fourth-order valence-corrected chi connectivity index (χ4v) is 1.98. The largest absolute Gasteiger partial charge is 0.508 e. The number of benzene rings is 2. The van der Waals surface area contributed by atoms with E-state index in [1.807, 2.05) is 6.07 Å². The number of phenols is 1. The molecule has 0 saturated carbocycles. The summed E-state index contributed by atoms with van der Waals surface area (Å²) in [6.07, 6.45) is 2.54. The van der Waals surface area contributed by atoms with Crippen LogP contribution in [-0.2, 0) is 4.79 Å². The molecule has 0 bridgehead atoms. The van der Waals surface area contributed by atoms with Crippen molar-refractivity contribution < 1.29 is 15.0 Å². The maximum Gasteiger partial charge on any atom is 0.328 e. The Labute approximate surface area is 115 Å². The van der Waals surface area contributed by atoms with Crippen molar-refractivity contribution in [3.63, 3.8) is 0 Å². The second-order valence-corrected chi connectivity index (χ2v) is 4.36. The first-order chi connectivity index (χ1) is 9.06. The summed E-state index contributed by atoms with van der Waals surface area (Å²) >= 11 is 6.18. The summed E-state index contributed by atoms with van der Waals surface area (Å²) in [5.74, 6) is -0.806. The van der Waals surface area contributed by atoms with E-state index in [9.17, 15) is 9.90 Å². The zero-order valence-electron chi connectivity index (χ0n) is 9.88. The SMILES string of the molecule is O=C(O)C=Cc1ccc(-c2ccc(O)cc2)c(Cl)c1. The lowest BCUT2D eigenvalue weighted by Crippen LogP contribution is -1.86. The number of carboxylic acids is 1. The van der Waals surface area contributed by atoms with Crippen LogP contribution >= 0.6 is 11.6 Å². The number of carboxylic acid groups (broad SMARTS) is 1. The van der Waals surface area contributed by atoms with Crippen LogP contribution in [-0.4, -0.2) is 16.2 Å². The van der Waals surface area contributed by atoms with E-state index in [-0.39, 0.29) is 5.75 Å². The third-order valence-corrected chi connectivity index (χ3v) is 2.90. The highest BCUT2D eigenvalue weighted by atomic mass is 35.5. The lowest BCUT2D eigenvalue weighted by molar-refractivity contribution is -0.131. The van der Waals surface area contributed by atoms with Crippen molar-refractivity contribution in [2.45, 2.75) is 0 Å². The summed E-state index contributed by atoms with van der Waals surface area (Å²) in [6.45, 7) is 0. The normalized spacial score (nSPS) is 10.8. The Bertz CT molecular complexity index is 630. The predicted molar refractivity (Wildman–Crippen MR) is 75.2 cm³/mol. The molecule has 0 heterocycles. The molecule has 0 saturated heterocycles. The van der Waals surface area contributed by atoms with Crippen LogP contribution in [0.25, 0.3) is 17.2 Å². The van der Waals surface area contributed by atoms with E-state index in [1.165, 1.54) is 6.08 Å². The summed E-state index contributed by atoms with van der Waals surface area (Å²) in [5.41, 5.74) is 2.43. The van der Waals surface area contributed by atoms with Crippen LogP contribution in [0.15, 0.2) is 48.5 Å². The molecule has 0 unspecified atom stereocenters. The second kappa shape index (κ2) is 5.59. The lowest BCUT2D eigenvalue weighted by Gasteiger charge is -2.05. The Morgan fingerprint density at radius 2 is 1.79 bits per heavy atom. The van der Waals surface area contributed by atoms with Gasteiger partial charge >= 0.3 is 5.97 Å². The molecular formula is C15H11ClO3. The van der Waals surface area contributed by atoms with Crippen molar-refractivity contribution in [3.8, 4) is 16.9 Å².